The van der Waals surface area contributed by atoms with Gasteiger partial charge >= 0.3 is 0 Å². The van der Waals surface area contributed by atoms with E-state index < -0.39 is 15.4 Å². The summed E-state index contributed by atoms with van der Waals surface area (Å²) in [5.74, 6) is -0.0420. The fraction of sp³-hybridized carbons (Fsp3) is 0.300. The van der Waals surface area contributed by atoms with E-state index in [0.717, 1.165) is 0 Å². The summed E-state index contributed by atoms with van der Waals surface area (Å²) in [6.45, 7) is 1.47. The molecule has 2 atom stereocenters. The van der Waals surface area contributed by atoms with E-state index in [-0.39, 0.29) is 5.78 Å². The molecule has 0 aromatic heterocycles. The van der Waals surface area contributed by atoms with Gasteiger partial charge in [0.1, 0.15) is 4.58 Å². The second kappa shape index (κ2) is 5.32. The zero-order valence-electron chi connectivity index (χ0n) is 8.10. The first-order valence-electron chi connectivity index (χ1n) is 4.15. The van der Waals surface area contributed by atoms with E-state index in [4.69, 9.17) is 0 Å². The molecule has 0 aliphatic rings. The van der Waals surface area contributed by atoms with Crippen molar-refractivity contribution >= 4 is 28.3 Å². The van der Waals surface area contributed by atoms with Crippen LogP contribution in [0.4, 0.5) is 0 Å². The second-order valence-corrected chi connectivity index (χ2v) is 5.57. The van der Waals surface area contributed by atoms with Crippen molar-refractivity contribution in [2.45, 2.75) is 16.4 Å². The average molecular weight is 228 g/mol. The monoisotopic (exact) mass is 228 g/mol. The van der Waals surface area contributed by atoms with Crippen molar-refractivity contribution in [3.05, 3.63) is 30.3 Å². The summed E-state index contributed by atoms with van der Waals surface area (Å²) in [7, 11) is -1.24. The Balaban J connectivity index is 2.89. The van der Waals surface area contributed by atoms with Gasteiger partial charge in [-0.2, -0.15) is 0 Å². The van der Waals surface area contributed by atoms with Crippen molar-refractivity contribution in [2.24, 2.45) is 0 Å². The number of carbonyl (C=O) groups excluding carboxylic acids is 1. The van der Waals surface area contributed by atoms with E-state index in [1.165, 1.54) is 18.7 Å². The van der Waals surface area contributed by atoms with Crippen molar-refractivity contribution in [1.82, 2.24) is 0 Å². The number of hydrogen-bond donors (Lipinski definition) is 0. The van der Waals surface area contributed by atoms with Gasteiger partial charge in [-0.05, 0) is 25.3 Å². The molecule has 0 saturated heterocycles. The van der Waals surface area contributed by atoms with Crippen LogP contribution < -0.4 is 0 Å². The highest BCUT2D eigenvalue weighted by molar-refractivity contribution is 8.12. The highest BCUT2D eigenvalue weighted by atomic mass is 32.2. The van der Waals surface area contributed by atoms with Gasteiger partial charge in [-0.25, -0.2) is 0 Å². The van der Waals surface area contributed by atoms with Crippen molar-refractivity contribution in [3.8, 4) is 0 Å². The van der Waals surface area contributed by atoms with Crippen LogP contribution in [-0.2, 0) is 15.6 Å². The molecule has 0 heterocycles. The first-order chi connectivity index (χ1) is 6.66. The summed E-state index contributed by atoms with van der Waals surface area (Å²) >= 11 is 1.33. The predicted molar refractivity (Wildman–Crippen MR) is 60.8 cm³/mol. The Bertz CT molecular complexity index is 335. The summed E-state index contributed by atoms with van der Waals surface area (Å²) < 4.78 is 11.4. The molecular weight excluding hydrogens is 216 g/mol. The van der Waals surface area contributed by atoms with E-state index >= 15 is 0 Å². The highest BCUT2D eigenvalue weighted by Crippen LogP contribution is 2.19. The molecule has 2 nitrogen and oxygen atoms in total. The van der Waals surface area contributed by atoms with E-state index in [2.05, 4.69) is 0 Å². The minimum atomic E-state index is -1.24. The van der Waals surface area contributed by atoms with E-state index in [1.807, 2.05) is 18.2 Å². The molecular formula is C10H12O2S2. The third-order valence-electron chi connectivity index (χ3n) is 1.72. The zero-order chi connectivity index (χ0) is 10.6. The fourth-order valence-electron chi connectivity index (χ4n) is 1.08. The van der Waals surface area contributed by atoms with Gasteiger partial charge in [0.15, 0.2) is 5.78 Å². The molecule has 14 heavy (non-hydrogen) atoms. The lowest BCUT2D eigenvalue weighted by atomic mass is 10.4. The van der Waals surface area contributed by atoms with Crippen LogP contribution in [0.5, 0.6) is 0 Å². The van der Waals surface area contributed by atoms with Crippen LogP contribution in [0.3, 0.4) is 0 Å². The lowest BCUT2D eigenvalue weighted by molar-refractivity contribution is -0.115. The summed E-state index contributed by atoms with van der Waals surface area (Å²) in [4.78, 5) is 11.9. The molecule has 0 N–H and O–H groups in total. The first kappa shape index (κ1) is 11.5. The maximum atomic E-state index is 11.9. The van der Waals surface area contributed by atoms with Gasteiger partial charge in [0.05, 0.1) is 10.8 Å². The van der Waals surface area contributed by atoms with Gasteiger partial charge in [-0.1, -0.05) is 18.2 Å². The molecule has 4 heteroatoms. The van der Waals surface area contributed by atoms with Crippen molar-refractivity contribution in [1.29, 1.82) is 0 Å². The van der Waals surface area contributed by atoms with Crippen LogP contribution in [0.15, 0.2) is 35.2 Å². The Morgan fingerprint density at radius 1 is 1.36 bits per heavy atom. The van der Waals surface area contributed by atoms with Crippen LogP contribution in [0.2, 0.25) is 0 Å². The third-order valence-corrected chi connectivity index (χ3v) is 5.04. The van der Waals surface area contributed by atoms with Crippen LogP contribution in [-0.4, -0.2) is 20.8 Å². The van der Waals surface area contributed by atoms with Crippen LogP contribution in [0.1, 0.15) is 6.92 Å². The minimum absolute atomic E-state index is 0.0420. The molecule has 0 saturated carbocycles. The lowest BCUT2D eigenvalue weighted by Gasteiger charge is -2.09. The van der Waals surface area contributed by atoms with Crippen LogP contribution in [0.25, 0.3) is 0 Å². The standard InChI is InChI=1S/C10H12O2S2/c1-8(11)10(13-2)14(12)9-6-4-3-5-7-9/h3-7,10H,1-2H3/t10-,14?/m1/s1. The third kappa shape index (κ3) is 2.69. The average Bonchev–Trinajstić information content (AvgIpc) is 2.19. The molecule has 0 spiro atoms. The molecule has 0 fully saturated rings. The number of carbonyl (C=O) groups is 1. The van der Waals surface area contributed by atoms with Gasteiger partial charge in [0, 0.05) is 4.90 Å². The number of benzene rings is 1. The van der Waals surface area contributed by atoms with Crippen LogP contribution >= 0.6 is 11.8 Å². The summed E-state index contributed by atoms with van der Waals surface area (Å²) in [5.41, 5.74) is 0. The van der Waals surface area contributed by atoms with E-state index in [0.29, 0.717) is 4.90 Å². The molecule has 0 aliphatic carbocycles. The first-order valence-corrected chi connectivity index (χ1v) is 6.65. The zero-order valence-corrected chi connectivity index (χ0v) is 9.73. The number of thioether (sulfide) groups is 1. The Morgan fingerprint density at radius 2 is 1.93 bits per heavy atom. The van der Waals surface area contributed by atoms with Crippen molar-refractivity contribution in [2.75, 3.05) is 6.26 Å². The molecule has 0 radical (unpaired) electrons. The molecule has 1 rings (SSSR count). The SMILES string of the molecule is CS[C@@H](C(C)=O)S(=O)c1ccccc1. The van der Waals surface area contributed by atoms with Gasteiger partial charge < -0.3 is 0 Å². The Hall–Kier alpha value is -0.610. The Morgan fingerprint density at radius 3 is 2.36 bits per heavy atom. The normalized spacial score (nSPS) is 14.7. The number of ketones is 1. The topological polar surface area (TPSA) is 34.1 Å². The van der Waals surface area contributed by atoms with E-state index in [9.17, 15) is 9.00 Å². The van der Waals surface area contributed by atoms with E-state index in [1.54, 1.807) is 18.4 Å². The molecule has 1 aromatic rings. The molecule has 76 valence electrons. The van der Waals surface area contributed by atoms with Crippen molar-refractivity contribution < 1.29 is 9.00 Å². The molecule has 0 aliphatic heterocycles. The van der Waals surface area contributed by atoms with Gasteiger partial charge in [0.25, 0.3) is 0 Å². The maximum absolute atomic E-state index is 11.9. The molecule has 0 amide bonds. The van der Waals surface area contributed by atoms with Gasteiger partial charge in [-0.15, -0.1) is 11.8 Å². The lowest BCUT2D eigenvalue weighted by Crippen LogP contribution is -2.19. The number of rotatable bonds is 4. The Labute approximate surface area is 90.6 Å². The number of hydrogen-bond acceptors (Lipinski definition) is 3. The fourth-order valence-corrected chi connectivity index (χ4v) is 3.42. The quantitative estimate of drug-likeness (QED) is 0.791. The minimum Gasteiger partial charge on any atom is -0.298 e. The van der Waals surface area contributed by atoms with Crippen molar-refractivity contribution in [3.63, 3.8) is 0 Å². The smallest absolute Gasteiger partial charge is 0.155 e. The van der Waals surface area contributed by atoms with Crippen LogP contribution in [0, 0.1) is 0 Å². The molecule has 1 unspecified atom stereocenters. The summed E-state index contributed by atoms with van der Waals surface area (Å²) in [6, 6.07) is 9.07. The molecule has 1 aromatic carbocycles. The number of Topliss-reactive ketones (excluding diaryl/α,β-unsaturated/α-hetero) is 1. The largest absolute Gasteiger partial charge is 0.298 e. The Kier molecular flexibility index (Phi) is 4.35. The second-order valence-electron chi connectivity index (χ2n) is 2.79. The van der Waals surface area contributed by atoms with Gasteiger partial charge in [0.2, 0.25) is 0 Å². The molecule has 0 bridgehead atoms. The maximum Gasteiger partial charge on any atom is 0.155 e. The predicted octanol–water partition coefficient (Wildman–Crippen LogP) is 2.07. The van der Waals surface area contributed by atoms with Gasteiger partial charge in [-0.3, -0.25) is 9.00 Å². The summed E-state index contributed by atoms with van der Waals surface area (Å²) in [5, 5.41) is 0. The summed E-state index contributed by atoms with van der Waals surface area (Å²) in [6.07, 6.45) is 1.80. The highest BCUT2D eigenvalue weighted by Gasteiger charge is 2.21.